The van der Waals surface area contributed by atoms with E-state index in [1.165, 1.54) is 23.1 Å². The van der Waals surface area contributed by atoms with Crippen LogP contribution in [0.1, 0.15) is 16.0 Å². The number of hydrogen-bond acceptors (Lipinski definition) is 7. The summed E-state index contributed by atoms with van der Waals surface area (Å²) < 4.78 is 4.17. The van der Waals surface area contributed by atoms with E-state index in [-0.39, 0.29) is 17.2 Å². The van der Waals surface area contributed by atoms with Crippen LogP contribution in [0.25, 0.3) is 16.0 Å². The molecule has 1 aromatic carbocycles. The second-order valence-electron chi connectivity index (χ2n) is 7.31. The maximum atomic E-state index is 13.1. The number of carbonyl (C=O) groups excluding carboxylic acids is 1. The number of aromatic nitrogens is 4. The maximum Gasteiger partial charge on any atom is 0.273 e. The van der Waals surface area contributed by atoms with Gasteiger partial charge in [-0.3, -0.25) is 18.6 Å². The number of thioether (sulfide) groups is 1. The van der Waals surface area contributed by atoms with Gasteiger partial charge in [0.1, 0.15) is 4.70 Å². The van der Waals surface area contributed by atoms with Gasteiger partial charge in [0.25, 0.3) is 5.56 Å². The summed E-state index contributed by atoms with van der Waals surface area (Å²) in [4.78, 5) is 26.8. The number of anilines is 1. The Bertz CT molecular complexity index is 1500. The monoisotopic (exact) mass is 481 g/mol. The Morgan fingerprint density at radius 1 is 1.09 bits per heavy atom. The van der Waals surface area contributed by atoms with E-state index in [9.17, 15) is 9.59 Å². The van der Waals surface area contributed by atoms with Crippen LogP contribution in [0, 0.1) is 13.8 Å². The number of amides is 1. The molecule has 0 aliphatic rings. The van der Waals surface area contributed by atoms with Crippen LogP contribution < -0.4 is 10.9 Å². The van der Waals surface area contributed by atoms with Crippen molar-refractivity contribution in [3.63, 3.8) is 0 Å². The highest BCUT2D eigenvalue weighted by Gasteiger charge is 2.19. The number of benzene rings is 1. The Morgan fingerprint density at radius 3 is 2.78 bits per heavy atom. The lowest BCUT2D eigenvalue weighted by atomic mass is 10.1. The van der Waals surface area contributed by atoms with Gasteiger partial charge < -0.3 is 5.32 Å². The van der Waals surface area contributed by atoms with Gasteiger partial charge in [-0.05, 0) is 53.9 Å². The minimum Gasteiger partial charge on any atom is -0.325 e. The molecule has 5 rings (SSSR count). The average molecular weight is 482 g/mol. The van der Waals surface area contributed by atoms with E-state index in [0.717, 1.165) is 27.2 Å². The van der Waals surface area contributed by atoms with E-state index >= 15 is 0 Å². The molecule has 0 saturated carbocycles. The molecule has 32 heavy (non-hydrogen) atoms. The van der Waals surface area contributed by atoms with Crippen molar-refractivity contribution in [2.75, 3.05) is 11.1 Å². The van der Waals surface area contributed by atoms with E-state index in [2.05, 4.69) is 15.5 Å². The number of hydrogen-bond donors (Lipinski definition) is 1. The fourth-order valence-corrected chi connectivity index (χ4v) is 5.75. The number of fused-ring (bicyclic) bond motifs is 3. The number of thiophene rings is 2. The maximum absolute atomic E-state index is 13.1. The van der Waals surface area contributed by atoms with Gasteiger partial charge in [0.05, 0.1) is 17.8 Å². The molecule has 0 bridgehead atoms. The molecule has 0 radical (unpaired) electrons. The second kappa shape index (κ2) is 8.53. The summed E-state index contributed by atoms with van der Waals surface area (Å²) >= 11 is 4.30. The van der Waals surface area contributed by atoms with Crippen LogP contribution >= 0.6 is 34.4 Å². The number of rotatable bonds is 6. The van der Waals surface area contributed by atoms with Gasteiger partial charge in [-0.2, -0.15) is 0 Å². The first-order valence-corrected chi connectivity index (χ1v) is 12.6. The normalized spacial score (nSPS) is 11.4. The molecule has 4 aromatic heterocycles. The van der Waals surface area contributed by atoms with Crippen molar-refractivity contribution in [3.05, 3.63) is 73.5 Å². The van der Waals surface area contributed by atoms with E-state index in [1.54, 1.807) is 15.9 Å². The Labute approximate surface area is 195 Å². The highest BCUT2D eigenvalue weighted by atomic mass is 32.2. The Morgan fingerprint density at radius 2 is 1.97 bits per heavy atom. The Hall–Kier alpha value is -2.95. The molecule has 10 heteroatoms. The summed E-state index contributed by atoms with van der Waals surface area (Å²) in [7, 11) is 0. The fraction of sp³-hybridized carbons (Fsp3) is 0.182. The summed E-state index contributed by atoms with van der Waals surface area (Å²) in [6, 6.07) is 11.7. The van der Waals surface area contributed by atoms with Crippen LogP contribution in [0.3, 0.4) is 0 Å². The third-order valence-corrected chi connectivity index (χ3v) is 7.97. The predicted molar refractivity (Wildman–Crippen MR) is 131 cm³/mol. The van der Waals surface area contributed by atoms with Crippen molar-refractivity contribution < 1.29 is 4.79 Å². The molecule has 0 atom stereocenters. The average Bonchev–Trinajstić information content (AvgIpc) is 3.53. The lowest BCUT2D eigenvalue weighted by Gasteiger charge is -2.10. The lowest BCUT2D eigenvalue weighted by molar-refractivity contribution is -0.113. The number of nitrogens with zero attached hydrogens (tertiary/aromatic N) is 4. The second-order valence-corrected chi connectivity index (χ2v) is 10.2. The van der Waals surface area contributed by atoms with Gasteiger partial charge in [-0.25, -0.2) is 0 Å². The SMILES string of the molecule is Cc1cccc(NC(=O)CSc2nnc3n(Cc4cccs4)c(=O)c4sccc4n23)c1C. The lowest BCUT2D eigenvalue weighted by Crippen LogP contribution is -2.22. The van der Waals surface area contributed by atoms with Gasteiger partial charge in [0, 0.05) is 10.6 Å². The van der Waals surface area contributed by atoms with Crippen molar-refractivity contribution in [2.45, 2.75) is 25.5 Å². The first kappa shape index (κ1) is 20.9. The van der Waals surface area contributed by atoms with E-state index < -0.39 is 0 Å². The molecule has 0 saturated heterocycles. The molecule has 1 N–H and O–H groups in total. The van der Waals surface area contributed by atoms with Gasteiger partial charge in [-0.15, -0.1) is 32.9 Å². The first-order valence-electron chi connectivity index (χ1n) is 9.89. The highest BCUT2D eigenvalue weighted by Crippen LogP contribution is 2.25. The topological polar surface area (TPSA) is 81.3 Å². The summed E-state index contributed by atoms with van der Waals surface area (Å²) in [5.74, 6) is 0.546. The van der Waals surface area contributed by atoms with Gasteiger partial charge in [0.2, 0.25) is 11.7 Å². The van der Waals surface area contributed by atoms with E-state index in [4.69, 9.17) is 0 Å². The van der Waals surface area contributed by atoms with Crippen LogP contribution in [0.2, 0.25) is 0 Å². The molecule has 1 amide bonds. The standard InChI is InChI=1S/C22H19N5O2S3/c1-13-5-3-7-16(14(13)2)23-18(28)12-32-22-25-24-21-26(11-15-6-4-9-30-15)20(29)19-17(27(21)22)8-10-31-19/h3-10H,11-12H2,1-2H3,(H,23,28). The molecule has 0 aliphatic carbocycles. The van der Waals surface area contributed by atoms with Crippen molar-refractivity contribution in [2.24, 2.45) is 0 Å². The molecule has 7 nitrogen and oxygen atoms in total. The molecular weight excluding hydrogens is 462 g/mol. The fourth-order valence-electron chi connectivity index (χ4n) is 3.50. The zero-order chi connectivity index (χ0) is 22.2. The molecule has 5 aromatic rings. The minimum absolute atomic E-state index is 0.0764. The van der Waals surface area contributed by atoms with Crippen LogP contribution in [-0.4, -0.2) is 30.8 Å². The largest absolute Gasteiger partial charge is 0.325 e. The Kier molecular flexibility index (Phi) is 5.58. The summed E-state index contributed by atoms with van der Waals surface area (Å²) in [6.45, 7) is 4.44. The number of nitrogens with one attached hydrogen (secondary N) is 1. The van der Waals surface area contributed by atoms with Crippen LogP contribution in [0.4, 0.5) is 5.69 Å². The van der Waals surface area contributed by atoms with E-state index in [1.807, 2.05) is 65.4 Å². The Balaban J connectivity index is 1.46. The molecular formula is C22H19N5O2S3. The summed E-state index contributed by atoms with van der Waals surface area (Å²) in [6.07, 6.45) is 0. The number of aryl methyl sites for hydroxylation is 1. The quantitative estimate of drug-likeness (QED) is 0.360. The molecule has 0 aliphatic heterocycles. The van der Waals surface area contributed by atoms with Crippen molar-refractivity contribution >= 4 is 62.0 Å². The summed E-state index contributed by atoms with van der Waals surface area (Å²) in [5, 5.41) is 16.1. The minimum atomic E-state index is -0.117. The molecule has 162 valence electrons. The van der Waals surface area contributed by atoms with Crippen LogP contribution in [0.5, 0.6) is 0 Å². The first-order chi connectivity index (χ1) is 15.5. The predicted octanol–water partition coefficient (Wildman–Crippen LogP) is 4.56. The smallest absolute Gasteiger partial charge is 0.273 e. The third-order valence-electron chi connectivity index (χ3n) is 5.29. The van der Waals surface area contributed by atoms with Crippen LogP contribution in [-0.2, 0) is 11.3 Å². The molecule has 0 fully saturated rings. The summed E-state index contributed by atoms with van der Waals surface area (Å²) in [5.41, 5.74) is 3.68. The molecule has 0 spiro atoms. The third kappa shape index (κ3) is 3.74. The number of carbonyl (C=O) groups is 1. The van der Waals surface area contributed by atoms with Gasteiger partial charge >= 0.3 is 0 Å². The highest BCUT2D eigenvalue weighted by molar-refractivity contribution is 7.99. The zero-order valence-corrected chi connectivity index (χ0v) is 19.8. The van der Waals surface area contributed by atoms with E-state index in [0.29, 0.717) is 22.2 Å². The van der Waals surface area contributed by atoms with Crippen molar-refractivity contribution in [3.8, 4) is 0 Å². The van der Waals surface area contributed by atoms with Gasteiger partial charge in [-0.1, -0.05) is 30.0 Å². The van der Waals surface area contributed by atoms with Crippen molar-refractivity contribution in [1.82, 2.24) is 19.2 Å². The van der Waals surface area contributed by atoms with Gasteiger partial charge in [0.15, 0.2) is 5.16 Å². The van der Waals surface area contributed by atoms with Crippen LogP contribution in [0.15, 0.2) is 57.1 Å². The van der Waals surface area contributed by atoms with Crippen molar-refractivity contribution in [1.29, 1.82) is 0 Å². The molecule has 4 heterocycles. The zero-order valence-electron chi connectivity index (χ0n) is 17.4. The molecule has 0 unspecified atom stereocenters.